The van der Waals surface area contributed by atoms with Gasteiger partial charge in [0, 0.05) is 0 Å². The zero-order chi connectivity index (χ0) is 14.4. The van der Waals surface area contributed by atoms with Gasteiger partial charge in [-0.1, -0.05) is 12.1 Å². The van der Waals surface area contributed by atoms with Gasteiger partial charge >= 0.3 is 0 Å². The SMILES string of the molecule is NCC(=O)NCC(=O)Nc1ccccc1-n1cncn1. The van der Waals surface area contributed by atoms with Gasteiger partial charge in [0.2, 0.25) is 11.8 Å². The molecule has 0 unspecified atom stereocenters. The number of amides is 2. The van der Waals surface area contributed by atoms with Crippen LogP contribution in [-0.2, 0) is 9.59 Å². The van der Waals surface area contributed by atoms with Crippen LogP contribution in [0.25, 0.3) is 5.69 Å². The Morgan fingerprint density at radius 1 is 1.25 bits per heavy atom. The second kappa shape index (κ2) is 6.43. The normalized spacial score (nSPS) is 10.1. The lowest BCUT2D eigenvalue weighted by atomic mass is 10.2. The summed E-state index contributed by atoms with van der Waals surface area (Å²) in [6.45, 7) is -0.287. The minimum Gasteiger partial charge on any atom is -0.346 e. The van der Waals surface area contributed by atoms with Crippen molar-refractivity contribution in [2.75, 3.05) is 18.4 Å². The zero-order valence-electron chi connectivity index (χ0n) is 10.6. The predicted molar refractivity (Wildman–Crippen MR) is 72.1 cm³/mol. The monoisotopic (exact) mass is 274 g/mol. The molecule has 20 heavy (non-hydrogen) atoms. The second-order valence-corrected chi connectivity index (χ2v) is 3.89. The number of para-hydroxylation sites is 2. The van der Waals surface area contributed by atoms with Gasteiger partial charge in [-0.15, -0.1) is 0 Å². The Morgan fingerprint density at radius 2 is 2.05 bits per heavy atom. The van der Waals surface area contributed by atoms with E-state index in [1.54, 1.807) is 18.2 Å². The number of anilines is 1. The van der Waals surface area contributed by atoms with E-state index in [9.17, 15) is 9.59 Å². The van der Waals surface area contributed by atoms with E-state index in [-0.39, 0.29) is 24.9 Å². The van der Waals surface area contributed by atoms with Gasteiger partial charge in [0.25, 0.3) is 0 Å². The third-order valence-corrected chi connectivity index (χ3v) is 2.48. The van der Waals surface area contributed by atoms with Crippen LogP contribution >= 0.6 is 0 Å². The number of benzene rings is 1. The van der Waals surface area contributed by atoms with E-state index in [0.29, 0.717) is 11.4 Å². The van der Waals surface area contributed by atoms with E-state index >= 15 is 0 Å². The fourth-order valence-electron chi connectivity index (χ4n) is 1.56. The van der Waals surface area contributed by atoms with E-state index in [0.717, 1.165) is 0 Å². The van der Waals surface area contributed by atoms with Gasteiger partial charge in [-0.05, 0) is 12.1 Å². The lowest BCUT2D eigenvalue weighted by molar-refractivity contribution is -0.123. The molecule has 0 aliphatic carbocycles. The summed E-state index contributed by atoms with van der Waals surface area (Å²) >= 11 is 0. The summed E-state index contributed by atoms with van der Waals surface area (Å²) in [5, 5.41) is 9.10. The Labute approximate surface area is 115 Å². The Morgan fingerprint density at radius 3 is 2.75 bits per heavy atom. The summed E-state index contributed by atoms with van der Waals surface area (Å²) in [7, 11) is 0. The topological polar surface area (TPSA) is 115 Å². The van der Waals surface area contributed by atoms with E-state index in [1.807, 2.05) is 6.07 Å². The maximum Gasteiger partial charge on any atom is 0.243 e. The van der Waals surface area contributed by atoms with Crippen LogP contribution in [0.5, 0.6) is 0 Å². The van der Waals surface area contributed by atoms with Crippen molar-refractivity contribution in [1.82, 2.24) is 20.1 Å². The molecule has 0 bridgehead atoms. The zero-order valence-corrected chi connectivity index (χ0v) is 10.6. The highest BCUT2D eigenvalue weighted by molar-refractivity contribution is 5.96. The molecule has 0 saturated heterocycles. The molecule has 1 aromatic carbocycles. The molecule has 2 aromatic rings. The highest BCUT2D eigenvalue weighted by Crippen LogP contribution is 2.18. The molecule has 4 N–H and O–H groups in total. The smallest absolute Gasteiger partial charge is 0.243 e. The summed E-state index contributed by atoms with van der Waals surface area (Å²) in [4.78, 5) is 26.6. The number of nitrogens with one attached hydrogen (secondary N) is 2. The number of nitrogens with zero attached hydrogens (tertiary/aromatic N) is 3. The fourth-order valence-corrected chi connectivity index (χ4v) is 1.56. The number of hydrogen-bond acceptors (Lipinski definition) is 5. The molecule has 0 radical (unpaired) electrons. The average Bonchev–Trinajstić information content (AvgIpc) is 2.99. The molecule has 104 valence electrons. The minimum absolute atomic E-state index is 0.137. The Hall–Kier alpha value is -2.74. The fraction of sp³-hybridized carbons (Fsp3) is 0.167. The standard InChI is InChI=1S/C12H14N6O2/c13-5-11(19)15-6-12(20)17-9-3-1-2-4-10(9)18-8-14-7-16-18/h1-4,7-8H,5-6,13H2,(H,15,19)(H,17,20). The van der Waals surface area contributed by atoms with Crippen molar-refractivity contribution in [3.05, 3.63) is 36.9 Å². The number of rotatable bonds is 5. The second-order valence-electron chi connectivity index (χ2n) is 3.89. The molecule has 0 aliphatic rings. The minimum atomic E-state index is -0.385. The number of nitrogens with two attached hydrogens (primary N) is 1. The summed E-state index contributed by atoms with van der Waals surface area (Å²) in [5.41, 5.74) is 6.39. The molecular weight excluding hydrogens is 260 g/mol. The van der Waals surface area contributed by atoms with Crippen LogP contribution in [0, 0.1) is 0 Å². The van der Waals surface area contributed by atoms with Gasteiger partial charge in [-0.2, -0.15) is 5.10 Å². The van der Waals surface area contributed by atoms with Crippen molar-refractivity contribution in [2.45, 2.75) is 0 Å². The highest BCUT2D eigenvalue weighted by Gasteiger charge is 2.09. The third kappa shape index (κ3) is 3.39. The van der Waals surface area contributed by atoms with Crippen LogP contribution < -0.4 is 16.4 Å². The summed E-state index contributed by atoms with van der Waals surface area (Å²) in [5.74, 6) is -0.732. The molecule has 2 amide bonds. The number of hydrogen-bond donors (Lipinski definition) is 3. The molecule has 8 nitrogen and oxygen atoms in total. The van der Waals surface area contributed by atoms with Crippen molar-refractivity contribution in [2.24, 2.45) is 5.73 Å². The summed E-state index contributed by atoms with van der Waals surface area (Å²) in [6, 6.07) is 7.14. The molecule has 0 aliphatic heterocycles. The molecule has 0 spiro atoms. The van der Waals surface area contributed by atoms with Crippen molar-refractivity contribution in [3.63, 3.8) is 0 Å². The van der Waals surface area contributed by atoms with Crippen LogP contribution in [0.3, 0.4) is 0 Å². The van der Waals surface area contributed by atoms with Crippen molar-refractivity contribution in [1.29, 1.82) is 0 Å². The van der Waals surface area contributed by atoms with Crippen LogP contribution in [0.4, 0.5) is 5.69 Å². The Kier molecular flexibility index (Phi) is 4.40. The van der Waals surface area contributed by atoms with Gasteiger partial charge in [0.1, 0.15) is 12.7 Å². The predicted octanol–water partition coefficient (Wildman–Crippen LogP) is -0.719. The quantitative estimate of drug-likeness (QED) is 0.665. The van der Waals surface area contributed by atoms with E-state index in [1.165, 1.54) is 17.3 Å². The van der Waals surface area contributed by atoms with Crippen molar-refractivity contribution >= 4 is 17.5 Å². The first-order chi connectivity index (χ1) is 9.70. The van der Waals surface area contributed by atoms with Gasteiger partial charge in [0.15, 0.2) is 0 Å². The van der Waals surface area contributed by atoms with Gasteiger partial charge < -0.3 is 16.4 Å². The first-order valence-electron chi connectivity index (χ1n) is 5.91. The average molecular weight is 274 g/mol. The lowest BCUT2D eigenvalue weighted by Gasteiger charge is -2.10. The molecule has 8 heteroatoms. The number of carbonyl (C=O) groups excluding carboxylic acids is 2. The van der Waals surface area contributed by atoms with Crippen LogP contribution in [0.15, 0.2) is 36.9 Å². The van der Waals surface area contributed by atoms with Gasteiger partial charge in [-0.3, -0.25) is 9.59 Å². The Balaban J connectivity index is 2.06. The summed E-state index contributed by atoms with van der Waals surface area (Å²) < 4.78 is 1.54. The highest BCUT2D eigenvalue weighted by atomic mass is 16.2. The lowest BCUT2D eigenvalue weighted by Crippen LogP contribution is -2.36. The van der Waals surface area contributed by atoms with Crippen molar-refractivity contribution < 1.29 is 9.59 Å². The number of carbonyl (C=O) groups is 2. The van der Waals surface area contributed by atoms with E-state index < -0.39 is 0 Å². The van der Waals surface area contributed by atoms with Gasteiger partial charge in [0.05, 0.1) is 24.5 Å². The largest absolute Gasteiger partial charge is 0.346 e. The molecule has 0 fully saturated rings. The molecule has 0 saturated carbocycles. The number of aromatic nitrogens is 3. The molecular formula is C12H14N6O2. The van der Waals surface area contributed by atoms with Gasteiger partial charge in [-0.25, -0.2) is 9.67 Å². The molecule has 1 heterocycles. The first-order valence-corrected chi connectivity index (χ1v) is 5.91. The maximum absolute atomic E-state index is 11.7. The summed E-state index contributed by atoms with van der Waals surface area (Å²) in [6.07, 6.45) is 2.93. The van der Waals surface area contributed by atoms with E-state index in [2.05, 4.69) is 20.7 Å². The maximum atomic E-state index is 11.7. The van der Waals surface area contributed by atoms with E-state index in [4.69, 9.17) is 5.73 Å². The molecule has 0 atom stereocenters. The Bertz CT molecular complexity index is 596. The molecule has 1 aromatic heterocycles. The van der Waals surface area contributed by atoms with Crippen LogP contribution in [0.2, 0.25) is 0 Å². The molecule has 2 rings (SSSR count). The van der Waals surface area contributed by atoms with Crippen molar-refractivity contribution in [3.8, 4) is 5.69 Å². The van der Waals surface area contributed by atoms with Crippen LogP contribution in [0.1, 0.15) is 0 Å². The van der Waals surface area contributed by atoms with Crippen LogP contribution in [-0.4, -0.2) is 39.7 Å². The first kappa shape index (κ1) is 13.7. The third-order valence-electron chi connectivity index (χ3n) is 2.48.